The van der Waals surface area contributed by atoms with Gasteiger partial charge in [-0.25, -0.2) is 4.39 Å². The summed E-state index contributed by atoms with van der Waals surface area (Å²) in [6.45, 7) is 0. The van der Waals surface area contributed by atoms with Gasteiger partial charge in [-0.3, -0.25) is 9.89 Å². The minimum atomic E-state index is -0.726. The van der Waals surface area contributed by atoms with Gasteiger partial charge in [0.1, 0.15) is 5.82 Å². The van der Waals surface area contributed by atoms with Gasteiger partial charge in [0.15, 0.2) is 5.76 Å². The van der Waals surface area contributed by atoms with Crippen LogP contribution in [0.5, 0.6) is 0 Å². The molecule has 6 nitrogen and oxygen atoms in total. The molecule has 2 aromatic carbocycles. The lowest BCUT2D eigenvalue weighted by Gasteiger charge is -2.12. The van der Waals surface area contributed by atoms with Crippen LogP contribution in [0.25, 0.3) is 22.2 Å². The predicted octanol–water partition coefficient (Wildman–Crippen LogP) is 4.03. The van der Waals surface area contributed by atoms with Crippen LogP contribution in [0.4, 0.5) is 10.1 Å². The number of aromatic nitrogens is 3. The molecule has 0 spiro atoms. The van der Waals surface area contributed by atoms with E-state index in [9.17, 15) is 9.18 Å². The number of hydrogen-bond donors (Lipinski definition) is 2. The largest absolute Gasteiger partial charge is 0.356 e. The van der Waals surface area contributed by atoms with Crippen LogP contribution in [0.2, 0.25) is 0 Å². The SMILES string of the molecule is O=C(Nc1ccc2cn[nH]c2c1)C1(c2cc(-c3ccccc3F)on2)CC1. The summed E-state index contributed by atoms with van der Waals surface area (Å²) >= 11 is 0. The number of rotatable bonds is 4. The molecule has 27 heavy (non-hydrogen) atoms. The van der Waals surface area contributed by atoms with Crippen molar-refractivity contribution in [2.75, 3.05) is 5.32 Å². The van der Waals surface area contributed by atoms with Crippen LogP contribution in [-0.2, 0) is 10.2 Å². The average Bonchev–Trinajstić information content (AvgIpc) is 3.12. The van der Waals surface area contributed by atoms with E-state index in [1.807, 2.05) is 18.2 Å². The van der Waals surface area contributed by atoms with Crippen molar-refractivity contribution in [1.82, 2.24) is 15.4 Å². The predicted molar refractivity (Wildman–Crippen MR) is 97.5 cm³/mol. The summed E-state index contributed by atoms with van der Waals surface area (Å²) < 4.78 is 19.3. The first-order valence-electron chi connectivity index (χ1n) is 8.62. The van der Waals surface area contributed by atoms with Crippen molar-refractivity contribution >= 4 is 22.5 Å². The molecule has 1 aliphatic carbocycles. The Morgan fingerprint density at radius 1 is 1.19 bits per heavy atom. The quantitative estimate of drug-likeness (QED) is 0.574. The number of halogens is 1. The molecule has 0 radical (unpaired) electrons. The molecule has 0 unspecified atom stereocenters. The number of aromatic amines is 1. The molecule has 4 aromatic rings. The summed E-state index contributed by atoms with van der Waals surface area (Å²) in [7, 11) is 0. The zero-order valence-electron chi connectivity index (χ0n) is 14.2. The fourth-order valence-corrected chi connectivity index (χ4v) is 3.28. The molecular weight excluding hydrogens is 347 g/mol. The molecule has 134 valence electrons. The molecule has 1 aliphatic rings. The second-order valence-corrected chi connectivity index (χ2v) is 6.76. The molecule has 0 aliphatic heterocycles. The highest BCUT2D eigenvalue weighted by Crippen LogP contribution is 2.49. The first-order chi connectivity index (χ1) is 13.2. The van der Waals surface area contributed by atoms with Crippen molar-refractivity contribution in [2.45, 2.75) is 18.3 Å². The summed E-state index contributed by atoms with van der Waals surface area (Å²) in [5.41, 5.74) is 1.66. The van der Waals surface area contributed by atoms with E-state index >= 15 is 0 Å². The topological polar surface area (TPSA) is 83.8 Å². The lowest BCUT2D eigenvalue weighted by molar-refractivity contribution is -0.118. The highest BCUT2D eigenvalue weighted by molar-refractivity contribution is 6.02. The highest BCUT2D eigenvalue weighted by atomic mass is 19.1. The van der Waals surface area contributed by atoms with Crippen molar-refractivity contribution in [1.29, 1.82) is 0 Å². The maximum absolute atomic E-state index is 14.0. The minimum absolute atomic E-state index is 0.144. The number of carbonyl (C=O) groups excluding carboxylic acids is 1. The minimum Gasteiger partial charge on any atom is -0.356 e. The molecule has 5 rings (SSSR count). The van der Waals surface area contributed by atoms with E-state index in [0.717, 1.165) is 10.9 Å². The van der Waals surface area contributed by atoms with Crippen molar-refractivity contribution in [2.24, 2.45) is 0 Å². The number of carbonyl (C=O) groups is 1. The molecule has 0 atom stereocenters. The summed E-state index contributed by atoms with van der Waals surface area (Å²) in [5.74, 6) is -0.210. The van der Waals surface area contributed by atoms with Gasteiger partial charge in [0.2, 0.25) is 5.91 Å². The summed E-state index contributed by atoms with van der Waals surface area (Å²) in [5, 5.41) is 14.8. The molecule has 2 heterocycles. The Morgan fingerprint density at radius 2 is 2.04 bits per heavy atom. The number of nitrogens with zero attached hydrogens (tertiary/aromatic N) is 2. The molecule has 2 N–H and O–H groups in total. The number of H-pyrrole nitrogens is 1. The zero-order chi connectivity index (χ0) is 18.4. The standard InChI is InChI=1S/C20H15FN4O2/c21-15-4-2-1-3-14(15)17-10-18(25-27-17)20(7-8-20)19(26)23-13-6-5-12-11-22-24-16(12)9-13/h1-6,9-11H,7-8H2,(H,22,24)(H,23,26). The van der Waals surface area contributed by atoms with Gasteiger partial charge in [-0.1, -0.05) is 17.3 Å². The van der Waals surface area contributed by atoms with Crippen molar-refractivity contribution in [3.05, 3.63) is 66.2 Å². The van der Waals surface area contributed by atoms with Gasteiger partial charge in [0.25, 0.3) is 0 Å². The van der Waals surface area contributed by atoms with Crippen molar-refractivity contribution < 1.29 is 13.7 Å². The van der Waals surface area contributed by atoms with E-state index in [0.29, 0.717) is 35.5 Å². The third kappa shape index (κ3) is 2.59. The van der Waals surface area contributed by atoms with E-state index in [2.05, 4.69) is 20.7 Å². The number of nitrogens with one attached hydrogen (secondary N) is 2. The van der Waals surface area contributed by atoms with Crippen LogP contribution < -0.4 is 5.32 Å². The van der Waals surface area contributed by atoms with E-state index < -0.39 is 5.41 Å². The molecular formula is C20H15FN4O2. The van der Waals surface area contributed by atoms with Crippen LogP contribution in [-0.4, -0.2) is 21.3 Å². The smallest absolute Gasteiger partial charge is 0.236 e. The Labute approximate surface area is 153 Å². The van der Waals surface area contributed by atoms with Crippen LogP contribution in [0.15, 0.2) is 59.3 Å². The lowest BCUT2D eigenvalue weighted by atomic mass is 10.00. The summed E-state index contributed by atoms with van der Waals surface area (Å²) in [6, 6.07) is 13.5. The number of anilines is 1. The molecule has 2 aromatic heterocycles. The highest BCUT2D eigenvalue weighted by Gasteiger charge is 2.53. The van der Waals surface area contributed by atoms with Gasteiger partial charge in [-0.2, -0.15) is 5.10 Å². The number of hydrogen-bond acceptors (Lipinski definition) is 4. The maximum Gasteiger partial charge on any atom is 0.236 e. The Kier molecular flexibility index (Phi) is 3.36. The van der Waals surface area contributed by atoms with Crippen LogP contribution in [0.3, 0.4) is 0 Å². The number of benzene rings is 2. The Hall–Kier alpha value is -3.48. The fraction of sp³-hybridized carbons (Fsp3) is 0.150. The fourth-order valence-electron chi connectivity index (χ4n) is 3.28. The molecule has 1 saturated carbocycles. The first kappa shape index (κ1) is 15.7. The van der Waals surface area contributed by atoms with Gasteiger partial charge in [0.05, 0.1) is 28.4 Å². The van der Waals surface area contributed by atoms with Gasteiger partial charge < -0.3 is 9.84 Å². The molecule has 1 amide bonds. The summed E-state index contributed by atoms with van der Waals surface area (Å²) in [6.07, 6.45) is 3.08. The molecule has 0 bridgehead atoms. The lowest BCUT2D eigenvalue weighted by Crippen LogP contribution is -2.28. The van der Waals surface area contributed by atoms with Crippen LogP contribution in [0.1, 0.15) is 18.5 Å². The van der Waals surface area contributed by atoms with Crippen LogP contribution in [0, 0.1) is 5.82 Å². The van der Waals surface area contributed by atoms with E-state index in [1.165, 1.54) is 6.07 Å². The Morgan fingerprint density at radius 3 is 2.85 bits per heavy atom. The zero-order valence-corrected chi connectivity index (χ0v) is 14.2. The van der Waals surface area contributed by atoms with Crippen molar-refractivity contribution in [3.8, 4) is 11.3 Å². The first-order valence-corrected chi connectivity index (χ1v) is 8.62. The van der Waals surface area contributed by atoms with Gasteiger partial charge in [-0.15, -0.1) is 0 Å². The van der Waals surface area contributed by atoms with Gasteiger partial charge in [-0.05, 0) is 43.2 Å². The Balaban J connectivity index is 1.41. The Bertz CT molecular complexity index is 1160. The van der Waals surface area contributed by atoms with E-state index in [-0.39, 0.29) is 11.7 Å². The average molecular weight is 362 g/mol. The van der Waals surface area contributed by atoms with Crippen LogP contribution >= 0.6 is 0 Å². The van der Waals surface area contributed by atoms with Gasteiger partial charge in [0, 0.05) is 17.1 Å². The third-order valence-electron chi connectivity index (χ3n) is 5.02. The normalized spacial score (nSPS) is 15.0. The third-order valence-corrected chi connectivity index (χ3v) is 5.02. The van der Waals surface area contributed by atoms with Gasteiger partial charge >= 0.3 is 0 Å². The van der Waals surface area contributed by atoms with E-state index in [4.69, 9.17) is 4.52 Å². The summed E-state index contributed by atoms with van der Waals surface area (Å²) in [4.78, 5) is 12.9. The second kappa shape index (κ2) is 5.77. The maximum atomic E-state index is 14.0. The molecule has 0 saturated heterocycles. The second-order valence-electron chi connectivity index (χ2n) is 6.76. The molecule has 7 heteroatoms. The monoisotopic (exact) mass is 362 g/mol. The number of amides is 1. The van der Waals surface area contributed by atoms with Crippen molar-refractivity contribution in [3.63, 3.8) is 0 Å². The van der Waals surface area contributed by atoms with E-state index in [1.54, 1.807) is 30.5 Å². The molecule has 1 fully saturated rings. The number of fused-ring (bicyclic) bond motifs is 1.